The summed E-state index contributed by atoms with van der Waals surface area (Å²) in [6.07, 6.45) is 3.19. The molecule has 1 spiro atoms. The maximum Gasteiger partial charge on any atom is 0.317 e. The molecule has 2 aliphatic rings. The summed E-state index contributed by atoms with van der Waals surface area (Å²) < 4.78 is 0. The van der Waals surface area contributed by atoms with E-state index in [1.165, 1.54) is 11.1 Å². The van der Waals surface area contributed by atoms with Crippen molar-refractivity contribution < 1.29 is 9.59 Å². The quantitative estimate of drug-likeness (QED) is 0.859. The first-order chi connectivity index (χ1) is 13.7. The van der Waals surface area contributed by atoms with Crippen LogP contribution in [-0.4, -0.2) is 42.0 Å². The summed E-state index contributed by atoms with van der Waals surface area (Å²) in [6.45, 7) is 1.94. The highest BCUT2D eigenvalue weighted by molar-refractivity contribution is 5.79. The van der Waals surface area contributed by atoms with Gasteiger partial charge in [0, 0.05) is 37.5 Å². The van der Waals surface area contributed by atoms with E-state index >= 15 is 0 Å². The summed E-state index contributed by atoms with van der Waals surface area (Å²) in [6, 6.07) is 20.6. The minimum Gasteiger partial charge on any atom is -0.351 e. The molecular formula is C23H27N3O2. The predicted molar refractivity (Wildman–Crippen MR) is 109 cm³/mol. The van der Waals surface area contributed by atoms with E-state index in [1.807, 2.05) is 41.3 Å². The Morgan fingerprint density at radius 3 is 2.04 bits per heavy atom. The van der Waals surface area contributed by atoms with Gasteiger partial charge in [-0.25, -0.2) is 4.79 Å². The van der Waals surface area contributed by atoms with E-state index in [0.717, 1.165) is 19.3 Å². The monoisotopic (exact) mass is 377 g/mol. The van der Waals surface area contributed by atoms with Crippen LogP contribution in [-0.2, 0) is 4.79 Å². The van der Waals surface area contributed by atoms with E-state index in [4.69, 9.17) is 0 Å². The van der Waals surface area contributed by atoms with Gasteiger partial charge in [0.25, 0.3) is 0 Å². The van der Waals surface area contributed by atoms with Gasteiger partial charge in [0.05, 0.1) is 0 Å². The maximum atomic E-state index is 12.8. The third-order valence-corrected chi connectivity index (χ3v) is 6.10. The molecule has 5 nitrogen and oxygen atoms in total. The Kier molecular flexibility index (Phi) is 5.33. The molecule has 2 fully saturated rings. The summed E-state index contributed by atoms with van der Waals surface area (Å²) in [5.74, 6) is 0.267. The molecule has 2 aromatic carbocycles. The molecule has 28 heavy (non-hydrogen) atoms. The Balaban J connectivity index is 1.38. The lowest BCUT2D eigenvalue weighted by Gasteiger charge is -2.39. The molecule has 3 amide bonds. The molecular weight excluding hydrogens is 350 g/mol. The van der Waals surface area contributed by atoms with Crippen LogP contribution < -0.4 is 10.6 Å². The normalized spacial score (nSPS) is 18.3. The van der Waals surface area contributed by atoms with Gasteiger partial charge in [-0.3, -0.25) is 4.79 Å². The Hall–Kier alpha value is -2.82. The summed E-state index contributed by atoms with van der Waals surface area (Å²) in [5.41, 5.74) is 2.31. The minimum atomic E-state index is -0.0789. The lowest BCUT2D eigenvalue weighted by atomic mass is 9.86. The topological polar surface area (TPSA) is 61.4 Å². The summed E-state index contributed by atoms with van der Waals surface area (Å²) >= 11 is 0. The first-order valence-electron chi connectivity index (χ1n) is 10.1. The zero-order valence-electron chi connectivity index (χ0n) is 16.1. The van der Waals surface area contributed by atoms with Gasteiger partial charge in [-0.2, -0.15) is 0 Å². The van der Waals surface area contributed by atoms with Crippen LogP contribution >= 0.6 is 0 Å². The number of amides is 3. The fourth-order valence-corrected chi connectivity index (χ4v) is 4.39. The molecule has 0 aromatic heterocycles. The maximum absolute atomic E-state index is 12.8. The van der Waals surface area contributed by atoms with Crippen molar-refractivity contribution in [1.82, 2.24) is 15.5 Å². The van der Waals surface area contributed by atoms with Crippen molar-refractivity contribution in [3.05, 3.63) is 71.8 Å². The van der Waals surface area contributed by atoms with Gasteiger partial charge in [0.2, 0.25) is 5.91 Å². The highest BCUT2D eigenvalue weighted by atomic mass is 16.2. The molecule has 0 saturated carbocycles. The first-order valence-corrected chi connectivity index (χ1v) is 10.1. The molecule has 4 rings (SSSR count). The molecule has 5 heteroatoms. The molecule has 0 bridgehead atoms. The van der Waals surface area contributed by atoms with Gasteiger partial charge in [0.1, 0.15) is 0 Å². The van der Waals surface area contributed by atoms with Crippen molar-refractivity contribution in [2.24, 2.45) is 0 Å². The molecule has 2 N–H and O–H groups in total. The van der Waals surface area contributed by atoms with Gasteiger partial charge >= 0.3 is 6.03 Å². The molecule has 0 unspecified atom stereocenters. The SMILES string of the molecule is O=C1CCC2(CCN(C(=O)NCC(c3ccccc3)c3ccccc3)CC2)N1. The Morgan fingerprint density at radius 2 is 1.54 bits per heavy atom. The number of nitrogens with one attached hydrogen (secondary N) is 2. The fraction of sp³-hybridized carbons (Fsp3) is 0.391. The number of carbonyl (C=O) groups excluding carboxylic acids is 2. The fourth-order valence-electron chi connectivity index (χ4n) is 4.39. The summed E-state index contributed by atoms with van der Waals surface area (Å²) in [4.78, 5) is 26.2. The van der Waals surface area contributed by atoms with E-state index in [0.29, 0.717) is 26.1 Å². The number of benzene rings is 2. The molecule has 146 valence electrons. The van der Waals surface area contributed by atoms with Gasteiger partial charge < -0.3 is 15.5 Å². The minimum absolute atomic E-state index is 0.0176. The van der Waals surface area contributed by atoms with E-state index in [9.17, 15) is 9.59 Å². The van der Waals surface area contributed by atoms with Gasteiger partial charge in [0.15, 0.2) is 0 Å². The number of rotatable bonds is 4. The van der Waals surface area contributed by atoms with Crippen molar-refractivity contribution in [3.63, 3.8) is 0 Å². The van der Waals surface area contributed by atoms with E-state index in [2.05, 4.69) is 34.9 Å². The molecule has 2 aromatic rings. The van der Waals surface area contributed by atoms with Crippen molar-refractivity contribution >= 4 is 11.9 Å². The smallest absolute Gasteiger partial charge is 0.317 e. The number of hydrogen-bond donors (Lipinski definition) is 2. The third-order valence-electron chi connectivity index (χ3n) is 6.10. The first kappa shape index (κ1) is 18.5. The molecule has 0 atom stereocenters. The van der Waals surface area contributed by atoms with Gasteiger partial charge in [-0.1, -0.05) is 60.7 Å². The van der Waals surface area contributed by atoms with Crippen LogP contribution in [0.3, 0.4) is 0 Å². The van der Waals surface area contributed by atoms with Crippen molar-refractivity contribution in [2.75, 3.05) is 19.6 Å². The van der Waals surface area contributed by atoms with Crippen LogP contribution in [0.15, 0.2) is 60.7 Å². The zero-order valence-corrected chi connectivity index (χ0v) is 16.1. The number of likely N-dealkylation sites (tertiary alicyclic amines) is 1. The molecule has 2 saturated heterocycles. The number of nitrogens with zero attached hydrogens (tertiary/aromatic N) is 1. The second-order valence-electron chi connectivity index (χ2n) is 7.88. The van der Waals surface area contributed by atoms with E-state index < -0.39 is 0 Å². The predicted octanol–water partition coefficient (Wildman–Crippen LogP) is 3.27. The lowest BCUT2D eigenvalue weighted by Crippen LogP contribution is -2.54. The highest BCUT2D eigenvalue weighted by Gasteiger charge is 2.41. The third kappa shape index (κ3) is 4.03. The number of urea groups is 1. The van der Waals surface area contributed by atoms with E-state index in [1.54, 1.807) is 0 Å². The van der Waals surface area contributed by atoms with Crippen LogP contribution in [0, 0.1) is 0 Å². The van der Waals surface area contributed by atoms with E-state index in [-0.39, 0.29) is 23.4 Å². The standard InChI is InChI=1S/C23H27N3O2/c27-21-11-12-23(25-21)13-15-26(16-14-23)22(28)24-17-20(18-7-3-1-4-8-18)19-9-5-2-6-10-19/h1-10,20H,11-17H2,(H,24,28)(H,25,27). The van der Waals surface area contributed by atoms with Crippen LogP contribution in [0.5, 0.6) is 0 Å². The Bertz CT molecular complexity index is 775. The van der Waals surface area contributed by atoms with Crippen LogP contribution in [0.1, 0.15) is 42.7 Å². The van der Waals surface area contributed by atoms with Crippen molar-refractivity contribution in [2.45, 2.75) is 37.1 Å². The van der Waals surface area contributed by atoms with Crippen LogP contribution in [0.4, 0.5) is 4.79 Å². The summed E-state index contributed by atoms with van der Waals surface area (Å²) in [5, 5.41) is 6.26. The molecule has 2 heterocycles. The average Bonchev–Trinajstić information content (AvgIpc) is 3.10. The van der Waals surface area contributed by atoms with Crippen LogP contribution in [0.25, 0.3) is 0 Å². The van der Waals surface area contributed by atoms with Crippen molar-refractivity contribution in [3.8, 4) is 0 Å². The lowest BCUT2D eigenvalue weighted by molar-refractivity contribution is -0.120. The molecule has 2 aliphatic heterocycles. The molecule has 0 radical (unpaired) electrons. The van der Waals surface area contributed by atoms with Crippen molar-refractivity contribution in [1.29, 1.82) is 0 Å². The second-order valence-corrected chi connectivity index (χ2v) is 7.88. The highest BCUT2D eigenvalue weighted by Crippen LogP contribution is 2.31. The summed E-state index contributed by atoms with van der Waals surface area (Å²) in [7, 11) is 0. The Labute approximate surface area is 166 Å². The number of piperidine rings is 1. The molecule has 0 aliphatic carbocycles. The largest absolute Gasteiger partial charge is 0.351 e. The average molecular weight is 377 g/mol. The zero-order chi connectivity index (χ0) is 19.4. The Morgan fingerprint density at radius 1 is 0.964 bits per heavy atom. The second kappa shape index (κ2) is 8.05. The number of carbonyl (C=O) groups is 2. The van der Waals surface area contributed by atoms with Gasteiger partial charge in [-0.05, 0) is 30.4 Å². The van der Waals surface area contributed by atoms with Crippen LogP contribution in [0.2, 0.25) is 0 Å². The number of hydrogen-bond acceptors (Lipinski definition) is 2. The van der Waals surface area contributed by atoms with Gasteiger partial charge in [-0.15, -0.1) is 0 Å².